The van der Waals surface area contributed by atoms with Gasteiger partial charge in [-0.3, -0.25) is 14.9 Å². The Balaban J connectivity index is 1.60. The normalized spacial score (nSPS) is 22.3. The maximum absolute atomic E-state index is 4.46. The van der Waals surface area contributed by atoms with Crippen LogP contribution in [0.15, 0.2) is 81.9 Å². The Kier molecular flexibility index (Phi) is 6.62. The largest absolute Gasteiger partial charge is 0.299 e. The van der Waals surface area contributed by atoms with E-state index in [-0.39, 0.29) is 0 Å². The Morgan fingerprint density at radius 3 is 2.26 bits per heavy atom. The zero-order valence-electron chi connectivity index (χ0n) is 19.1. The molecule has 4 rings (SSSR count). The first-order chi connectivity index (χ1) is 15.1. The first-order valence-electron chi connectivity index (χ1n) is 11.4. The molecule has 1 saturated heterocycles. The molecule has 0 saturated carbocycles. The maximum atomic E-state index is 4.46. The summed E-state index contributed by atoms with van der Waals surface area (Å²) < 4.78 is 0. The predicted molar refractivity (Wildman–Crippen MR) is 135 cm³/mol. The third-order valence-corrected chi connectivity index (χ3v) is 6.39. The molecule has 1 fully saturated rings. The van der Waals surface area contributed by atoms with Crippen LogP contribution in [0.5, 0.6) is 0 Å². The highest BCUT2D eigenvalue weighted by Crippen LogP contribution is 2.32. The number of benzene rings is 1. The minimum absolute atomic E-state index is 0.910. The third-order valence-electron chi connectivity index (χ3n) is 6.39. The van der Waals surface area contributed by atoms with Crippen molar-refractivity contribution in [3.63, 3.8) is 0 Å². The molecule has 0 aromatic heterocycles. The number of hydrogen-bond donors (Lipinski definition) is 0. The Morgan fingerprint density at radius 1 is 0.935 bits per heavy atom. The van der Waals surface area contributed by atoms with Crippen molar-refractivity contribution in [2.45, 2.75) is 32.6 Å². The number of aliphatic imine (C=N–C) groups is 2. The number of rotatable bonds is 5. The summed E-state index contributed by atoms with van der Waals surface area (Å²) in [5.74, 6) is 0. The quantitative estimate of drug-likeness (QED) is 0.552. The van der Waals surface area contributed by atoms with E-state index < -0.39 is 0 Å². The van der Waals surface area contributed by atoms with Gasteiger partial charge in [-0.1, -0.05) is 43.0 Å². The van der Waals surface area contributed by atoms with Gasteiger partial charge in [0.2, 0.25) is 0 Å². The Labute approximate surface area is 187 Å². The van der Waals surface area contributed by atoms with Crippen molar-refractivity contribution in [1.82, 2.24) is 4.90 Å². The number of likely N-dealkylation sites (tertiary alicyclic amines) is 1. The summed E-state index contributed by atoms with van der Waals surface area (Å²) in [6.07, 6.45) is 14.1. The fraction of sp³-hybridized carbons (Fsp3) is 0.357. The molecule has 2 aliphatic carbocycles. The molecule has 1 aromatic carbocycles. The van der Waals surface area contributed by atoms with Gasteiger partial charge in [-0.15, -0.1) is 0 Å². The predicted octanol–water partition coefficient (Wildman–Crippen LogP) is 5.93. The highest BCUT2D eigenvalue weighted by atomic mass is 15.1. The van der Waals surface area contributed by atoms with Crippen LogP contribution in [0.4, 0.5) is 0 Å². The highest BCUT2D eigenvalue weighted by molar-refractivity contribution is 6.55. The standard InChI is InChI=1S/C28H33N3/c1-20(2)26-17-24(18-27(29-3)28(26)30-4)21-11-13-22(14-12-21)25-10-6-5-9-23(25)19-31-15-7-8-16-31/h9-14,17-18H,1,5-8,15-16,19H2,2-4H3/b29-27-,30-28-. The van der Waals surface area contributed by atoms with Gasteiger partial charge in [0.15, 0.2) is 0 Å². The first kappa shape index (κ1) is 21.5. The van der Waals surface area contributed by atoms with Crippen LogP contribution in [0.3, 0.4) is 0 Å². The van der Waals surface area contributed by atoms with Gasteiger partial charge in [0.1, 0.15) is 0 Å². The van der Waals surface area contributed by atoms with Gasteiger partial charge >= 0.3 is 0 Å². The van der Waals surface area contributed by atoms with E-state index >= 15 is 0 Å². The molecule has 31 heavy (non-hydrogen) atoms. The van der Waals surface area contributed by atoms with E-state index in [2.05, 4.69) is 70.0 Å². The van der Waals surface area contributed by atoms with Crippen molar-refractivity contribution in [2.24, 2.45) is 9.98 Å². The minimum Gasteiger partial charge on any atom is -0.299 e. The second-order valence-electron chi connectivity index (χ2n) is 8.60. The fourth-order valence-corrected chi connectivity index (χ4v) is 4.72. The van der Waals surface area contributed by atoms with Crippen molar-refractivity contribution < 1.29 is 0 Å². The second kappa shape index (κ2) is 9.57. The summed E-state index contributed by atoms with van der Waals surface area (Å²) in [6.45, 7) is 9.73. The van der Waals surface area contributed by atoms with E-state index in [1.807, 2.05) is 21.0 Å². The van der Waals surface area contributed by atoms with Gasteiger partial charge in [-0.2, -0.15) is 0 Å². The number of allylic oxidation sites excluding steroid dienone is 7. The Morgan fingerprint density at radius 2 is 1.61 bits per heavy atom. The van der Waals surface area contributed by atoms with Crippen LogP contribution in [-0.4, -0.2) is 50.1 Å². The molecule has 3 nitrogen and oxygen atoms in total. The first-order valence-corrected chi connectivity index (χ1v) is 11.4. The van der Waals surface area contributed by atoms with Crippen molar-refractivity contribution in [3.8, 4) is 0 Å². The minimum atomic E-state index is 0.910. The van der Waals surface area contributed by atoms with Crippen LogP contribution in [0.2, 0.25) is 0 Å². The van der Waals surface area contributed by atoms with E-state index in [1.165, 1.54) is 48.2 Å². The van der Waals surface area contributed by atoms with Crippen LogP contribution in [0.1, 0.15) is 43.7 Å². The van der Waals surface area contributed by atoms with Gasteiger partial charge in [0.25, 0.3) is 0 Å². The van der Waals surface area contributed by atoms with Crippen molar-refractivity contribution in [3.05, 3.63) is 83.0 Å². The van der Waals surface area contributed by atoms with Crippen LogP contribution in [0.25, 0.3) is 11.1 Å². The Hall–Kier alpha value is -2.78. The summed E-state index contributed by atoms with van der Waals surface area (Å²) in [7, 11) is 3.64. The molecule has 160 valence electrons. The molecular weight excluding hydrogens is 378 g/mol. The SMILES string of the molecule is C=C(C)C1=CC(c2ccc(C3=CCCC=C3CN3CCCC3)cc2)=CC(=N/C)/C1=N\C. The van der Waals surface area contributed by atoms with E-state index in [9.17, 15) is 0 Å². The molecule has 3 aliphatic rings. The summed E-state index contributed by atoms with van der Waals surface area (Å²) in [6, 6.07) is 9.01. The van der Waals surface area contributed by atoms with E-state index in [4.69, 9.17) is 0 Å². The lowest BCUT2D eigenvalue weighted by Crippen LogP contribution is -2.23. The molecule has 1 aliphatic heterocycles. The highest BCUT2D eigenvalue weighted by Gasteiger charge is 2.20. The molecule has 0 N–H and O–H groups in total. The lowest BCUT2D eigenvalue weighted by atomic mass is 9.87. The molecule has 0 radical (unpaired) electrons. The van der Waals surface area contributed by atoms with Crippen LogP contribution in [0, 0.1) is 0 Å². The molecule has 0 spiro atoms. The van der Waals surface area contributed by atoms with Gasteiger partial charge in [0, 0.05) is 26.2 Å². The lowest BCUT2D eigenvalue weighted by molar-refractivity contribution is 0.371. The smallest absolute Gasteiger partial charge is 0.0897 e. The van der Waals surface area contributed by atoms with Gasteiger partial charge in [-0.25, -0.2) is 0 Å². The lowest BCUT2D eigenvalue weighted by Gasteiger charge is -2.23. The van der Waals surface area contributed by atoms with Crippen molar-refractivity contribution >= 4 is 22.6 Å². The monoisotopic (exact) mass is 411 g/mol. The molecule has 3 heteroatoms. The maximum Gasteiger partial charge on any atom is 0.0897 e. The van der Waals surface area contributed by atoms with Gasteiger partial charge in [0.05, 0.1) is 11.4 Å². The topological polar surface area (TPSA) is 28.0 Å². The van der Waals surface area contributed by atoms with Gasteiger partial charge in [-0.05, 0) is 91.3 Å². The van der Waals surface area contributed by atoms with Crippen molar-refractivity contribution in [2.75, 3.05) is 33.7 Å². The van der Waals surface area contributed by atoms with Gasteiger partial charge < -0.3 is 0 Å². The van der Waals surface area contributed by atoms with Crippen LogP contribution >= 0.6 is 0 Å². The molecule has 1 heterocycles. The average Bonchev–Trinajstić information content (AvgIpc) is 3.31. The van der Waals surface area contributed by atoms with Crippen LogP contribution < -0.4 is 0 Å². The van der Waals surface area contributed by atoms with Crippen LogP contribution in [-0.2, 0) is 0 Å². The zero-order chi connectivity index (χ0) is 21.8. The van der Waals surface area contributed by atoms with E-state index in [0.717, 1.165) is 47.5 Å². The average molecular weight is 412 g/mol. The molecule has 0 bridgehead atoms. The summed E-state index contributed by atoms with van der Waals surface area (Å²) in [5.41, 5.74) is 10.5. The molecule has 0 atom stereocenters. The van der Waals surface area contributed by atoms with Crippen molar-refractivity contribution in [1.29, 1.82) is 0 Å². The number of nitrogens with zero attached hydrogens (tertiary/aromatic N) is 3. The third kappa shape index (κ3) is 4.62. The Bertz CT molecular complexity index is 1040. The second-order valence-corrected chi connectivity index (χ2v) is 8.60. The van der Waals surface area contributed by atoms with E-state index in [0.29, 0.717) is 0 Å². The molecule has 0 amide bonds. The number of hydrogen-bond acceptors (Lipinski definition) is 3. The molecule has 0 unspecified atom stereocenters. The summed E-state index contributed by atoms with van der Waals surface area (Å²) in [5, 5.41) is 0. The summed E-state index contributed by atoms with van der Waals surface area (Å²) >= 11 is 0. The molecule has 1 aromatic rings. The fourth-order valence-electron chi connectivity index (χ4n) is 4.72. The summed E-state index contributed by atoms with van der Waals surface area (Å²) in [4.78, 5) is 11.5. The van der Waals surface area contributed by atoms with E-state index in [1.54, 1.807) is 0 Å². The zero-order valence-corrected chi connectivity index (χ0v) is 19.1. The molecular formula is C28H33N3.